The number of rotatable bonds is 2. The van der Waals surface area contributed by atoms with Gasteiger partial charge in [0.15, 0.2) is 5.65 Å². The summed E-state index contributed by atoms with van der Waals surface area (Å²) in [5.41, 5.74) is 0.933. The van der Waals surface area contributed by atoms with Crippen LogP contribution in [-0.4, -0.2) is 19.9 Å². The molecule has 2 N–H and O–H groups in total. The van der Waals surface area contributed by atoms with Gasteiger partial charge in [-0.05, 0) is 24.3 Å². The Morgan fingerprint density at radius 1 is 1.17 bits per heavy atom. The molecule has 6 heteroatoms. The second-order valence-electron chi connectivity index (χ2n) is 3.66. The van der Waals surface area contributed by atoms with E-state index in [-0.39, 0.29) is 5.56 Å². The van der Waals surface area contributed by atoms with Crippen molar-refractivity contribution in [1.82, 2.24) is 19.9 Å². The van der Waals surface area contributed by atoms with Gasteiger partial charge in [0, 0.05) is 12.4 Å². The maximum atomic E-state index is 11.8. The van der Waals surface area contributed by atoms with E-state index in [1.807, 2.05) is 6.07 Å². The summed E-state index contributed by atoms with van der Waals surface area (Å²) in [5, 5.41) is 3.43. The molecule has 3 heterocycles. The minimum atomic E-state index is -0.223. The maximum absolute atomic E-state index is 11.8. The summed E-state index contributed by atoms with van der Waals surface area (Å²) in [7, 11) is 0. The van der Waals surface area contributed by atoms with E-state index in [2.05, 4.69) is 25.3 Å². The number of hydrogen-bond acceptors (Lipinski definition) is 5. The molecule has 0 unspecified atom stereocenters. The van der Waals surface area contributed by atoms with Crippen LogP contribution in [0.5, 0.6) is 0 Å². The van der Waals surface area contributed by atoms with Crippen LogP contribution in [-0.2, 0) is 0 Å². The highest BCUT2D eigenvalue weighted by atomic mass is 16.1. The third-order valence-electron chi connectivity index (χ3n) is 2.41. The summed E-state index contributed by atoms with van der Waals surface area (Å²) in [6, 6.07) is 7.00. The average molecular weight is 239 g/mol. The second kappa shape index (κ2) is 4.25. The zero-order valence-electron chi connectivity index (χ0n) is 9.29. The normalized spacial score (nSPS) is 10.4. The predicted molar refractivity (Wildman–Crippen MR) is 67.7 cm³/mol. The lowest BCUT2D eigenvalue weighted by molar-refractivity contribution is 1.14. The lowest BCUT2D eigenvalue weighted by Crippen LogP contribution is -2.11. The van der Waals surface area contributed by atoms with Crippen LogP contribution in [0.2, 0.25) is 0 Å². The van der Waals surface area contributed by atoms with Gasteiger partial charge in [-0.25, -0.2) is 4.98 Å². The Labute approximate surface area is 102 Å². The third kappa shape index (κ3) is 1.91. The van der Waals surface area contributed by atoms with Crippen LogP contribution >= 0.6 is 0 Å². The fourth-order valence-electron chi connectivity index (χ4n) is 1.60. The summed E-state index contributed by atoms with van der Waals surface area (Å²) in [4.78, 5) is 26.7. The van der Waals surface area contributed by atoms with Crippen LogP contribution in [0.3, 0.4) is 0 Å². The molecule has 0 radical (unpaired) electrons. The molecule has 0 aromatic carbocycles. The number of aromatic nitrogens is 4. The Hall–Kier alpha value is -2.76. The minimum Gasteiger partial charge on any atom is -0.324 e. The quantitative estimate of drug-likeness (QED) is 0.707. The SMILES string of the molecule is O=c1[nH]c(Nc2cccnc2)nc2ncccc12. The van der Waals surface area contributed by atoms with Crippen LogP contribution in [0.25, 0.3) is 11.0 Å². The van der Waals surface area contributed by atoms with E-state index in [4.69, 9.17) is 0 Å². The molecule has 0 amide bonds. The topological polar surface area (TPSA) is 83.6 Å². The van der Waals surface area contributed by atoms with E-state index >= 15 is 0 Å². The van der Waals surface area contributed by atoms with Crippen LogP contribution in [0, 0.1) is 0 Å². The first kappa shape index (κ1) is 10.4. The zero-order valence-corrected chi connectivity index (χ0v) is 9.29. The Bertz CT molecular complexity index is 738. The fourth-order valence-corrected chi connectivity index (χ4v) is 1.60. The van der Waals surface area contributed by atoms with Gasteiger partial charge in [0.25, 0.3) is 5.56 Å². The highest BCUT2D eigenvalue weighted by Gasteiger charge is 2.03. The molecule has 3 rings (SSSR count). The largest absolute Gasteiger partial charge is 0.324 e. The van der Waals surface area contributed by atoms with E-state index < -0.39 is 0 Å². The van der Waals surface area contributed by atoms with Crippen molar-refractivity contribution in [3.8, 4) is 0 Å². The maximum Gasteiger partial charge on any atom is 0.261 e. The van der Waals surface area contributed by atoms with Crippen LogP contribution in [0.1, 0.15) is 0 Å². The summed E-state index contributed by atoms with van der Waals surface area (Å²) in [5.74, 6) is 0.346. The lowest BCUT2D eigenvalue weighted by Gasteiger charge is -2.04. The lowest BCUT2D eigenvalue weighted by atomic mass is 10.3. The Kier molecular flexibility index (Phi) is 2.45. The van der Waals surface area contributed by atoms with Gasteiger partial charge in [-0.2, -0.15) is 4.98 Å². The molecule has 3 aromatic rings. The van der Waals surface area contributed by atoms with Crippen molar-refractivity contribution >= 4 is 22.7 Å². The van der Waals surface area contributed by atoms with Crippen LogP contribution in [0.15, 0.2) is 47.7 Å². The van der Waals surface area contributed by atoms with E-state index in [9.17, 15) is 4.79 Å². The van der Waals surface area contributed by atoms with Crippen molar-refractivity contribution in [2.45, 2.75) is 0 Å². The molecule has 0 atom stereocenters. The van der Waals surface area contributed by atoms with E-state index in [1.165, 1.54) is 0 Å². The number of pyridine rings is 2. The average Bonchev–Trinajstić information content (AvgIpc) is 2.40. The molecule has 88 valence electrons. The second-order valence-corrected chi connectivity index (χ2v) is 3.66. The molecule has 0 saturated carbocycles. The first-order valence-corrected chi connectivity index (χ1v) is 5.35. The number of anilines is 2. The minimum absolute atomic E-state index is 0.223. The number of H-pyrrole nitrogens is 1. The molecule has 0 aliphatic heterocycles. The van der Waals surface area contributed by atoms with Gasteiger partial charge < -0.3 is 5.32 Å². The smallest absolute Gasteiger partial charge is 0.261 e. The predicted octanol–water partition coefficient (Wildman–Crippen LogP) is 1.46. The van der Waals surface area contributed by atoms with Crippen LogP contribution < -0.4 is 10.9 Å². The Morgan fingerprint density at radius 2 is 2.06 bits per heavy atom. The molecular formula is C12H9N5O. The Balaban J connectivity index is 2.06. The molecule has 3 aromatic heterocycles. The van der Waals surface area contributed by atoms with Crippen molar-refractivity contribution < 1.29 is 0 Å². The summed E-state index contributed by atoms with van der Waals surface area (Å²) >= 11 is 0. The van der Waals surface area contributed by atoms with Crippen molar-refractivity contribution in [1.29, 1.82) is 0 Å². The van der Waals surface area contributed by atoms with Crippen molar-refractivity contribution in [2.24, 2.45) is 0 Å². The molecule has 0 aliphatic carbocycles. The van der Waals surface area contributed by atoms with Gasteiger partial charge >= 0.3 is 0 Å². The molecule has 0 aliphatic rings. The molecule has 0 fully saturated rings. The van der Waals surface area contributed by atoms with Gasteiger partial charge in [0.1, 0.15) is 0 Å². The molecule has 6 nitrogen and oxygen atoms in total. The van der Waals surface area contributed by atoms with Crippen LogP contribution in [0.4, 0.5) is 11.6 Å². The summed E-state index contributed by atoms with van der Waals surface area (Å²) in [6.45, 7) is 0. The summed E-state index contributed by atoms with van der Waals surface area (Å²) in [6.07, 6.45) is 4.91. The summed E-state index contributed by atoms with van der Waals surface area (Å²) < 4.78 is 0. The number of nitrogens with zero attached hydrogens (tertiary/aromatic N) is 3. The van der Waals surface area contributed by atoms with E-state index in [1.54, 1.807) is 36.8 Å². The fraction of sp³-hybridized carbons (Fsp3) is 0. The standard InChI is InChI=1S/C12H9N5O/c18-11-9-4-2-6-14-10(9)16-12(17-11)15-8-3-1-5-13-7-8/h1-7H,(H2,14,15,16,17,18). The molecule has 0 saturated heterocycles. The monoisotopic (exact) mass is 239 g/mol. The van der Waals surface area contributed by atoms with Gasteiger partial charge in [-0.3, -0.25) is 14.8 Å². The van der Waals surface area contributed by atoms with Crippen molar-refractivity contribution in [3.05, 3.63) is 53.2 Å². The third-order valence-corrected chi connectivity index (χ3v) is 2.41. The Morgan fingerprint density at radius 3 is 2.89 bits per heavy atom. The van der Waals surface area contributed by atoms with E-state index in [0.29, 0.717) is 17.0 Å². The van der Waals surface area contributed by atoms with Gasteiger partial charge in [0.2, 0.25) is 5.95 Å². The van der Waals surface area contributed by atoms with Gasteiger partial charge in [-0.15, -0.1) is 0 Å². The number of aromatic amines is 1. The highest BCUT2D eigenvalue weighted by molar-refractivity contribution is 5.74. The van der Waals surface area contributed by atoms with E-state index in [0.717, 1.165) is 5.69 Å². The number of fused-ring (bicyclic) bond motifs is 1. The first-order chi connectivity index (χ1) is 8.83. The number of nitrogens with one attached hydrogen (secondary N) is 2. The first-order valence-electron chi connectivity index (χ1n) is 5.35. The molecular weight excluding hydrogens is 230 g/mol. The highest BCUT2D eigenvalue weighted by Crippen LogP contribution is 2.11. The van der Waals surface area contributed by atoms with Crippen molar-refractivity contribution in [3.63, 3.8) is 0 Å². The number of hydrogen-bond donors (Lipinski definition) is 2. The van der Waals surface area contributed by atoms with Gasteiger partial charge in [-0.1, -0.05) is 0 Å². The van der Waals surface area contributed by atoms with Gasteiger partial charge in [0.05, 0.1) is 17.3 Å². The molecule has 0 bridgehead atoms. The molecule has 0 spiro atoms. The van der Waals surface area contributed by atoms with Crippen molar-refractivity contribution in [2.75, 3.05) is 5.32 Å². The zero-order chi connectivity index (χ0) is 12.4. The molecule has 18 heavy (non-hydrogen) atoms.